The Kier molecular flexibility index (Phi) is 6.00. The Bertz CT molecular complexity index is 446. The number of ether oxygens (including phenoxy) is 1. The number of methoxy groups -OCH3 is 1. The molecule has 1 saturated heterocycles. The Morgan fingerprint density at radius 3 is 2.67 bits per heavy atom. The van der Waals surface area contributed by atoms with E-state index in [1.165, 1.54) is 7.11 Å². The molecular weight excluding hydrogens is 267 g/mol. The average Bonchev–Trinajstić information content (AvgIpc) is 2.51. The molecule has 1 aromatic carbocycles. The second-order valence-corrected chi connectivity index (χ2v) is 5.86. The maximum Gasteiger partial charge on any atom is 0.169 e. The summed E-state index contributed by atoms with van der Waals surface area (Å²) in [7, 11) is 1.53. The van der Waals surface area contributed by atoms with E-state index in [1.54, 1.807) is 6.07 Å². The van der Waals surface area contributed by atoms with Gasteiger partial charge in [0.2, 0.25) is 0 Å². The zero-order valence-corrected chi connectivity index (χ0v) is 13.4. The second-order valence-electron chi connectivity index (χ2n) is 5.86. The monoisotopic (exact) mass is 294 g/mol. The number of piperazine rings is 1. The normalized spacial score (nSPS) is 19.2. The lowest BCUT2D eigenvalue weighted by Crippen LogP contribution is -2.46. The molecule has 0 aromatic heterocycles. The molecule has 1 aromatic rings. The Hall–Kier alpha value is -1.13. The van der Waals surface area contributed by atoms with E-state index < -0.39 is 0 Å². The highest BCUT2D eigenvalue weighted by Crippen LogP contribution is 2.35. The quantitative estimate of drug-likeness (QED) is 0.872. The fraction of sp³-hybridized carbons (Fsp3) is 0.647. The molecule has 0 aliphatic carbocycles. The van der Waals surface area contributed by atoms with E-state index in [4.69, 9.17) is 4.74 Å². The zero-order valence-electron chi connectivity index (χ0n) is 13.4. The number of halogens is 1. The Labute approximate surface area is 127 Å². The molecule has 1 aliphatic rings. The van der Waals surface area contributed by atoms with Gasteiger partial charge in [0, 0.05) is 37.8 Å². The van der Waals surface area contributed by atoms with Crippen LogP contribution in [0.4, 0.5) is 4.39 Å². The number of rotatable bonds is 6. The van der Waals surface area contributed by atoms with Gasteiger partial charge in [-0.1, -0.05) is 32.4 Å². The molecule has 1 N–H and O–H groups in total. The molecule has 0 radical (unpaired) electrons. The molecular formula is C17H27FN2O. The maximum atomic E-state index is 14.7. The van der Waals surface area contributed by atoms with Crippen LogP contribution in [0.1, 0.15) is 38.3 Å². The second kappa shape index (κ2) is 7.76. The Morgan fingerprint density at radius 2 is 2.05 bits per heavy atom. The zero-order chi connectivity index (χ0) is 15.2. The summed E-state index contributed by atoms with van der Waals surface area (Å²) in [4.78, 5) is 2.41. The number of hydrogen-bond donors (Lipinski definition) is 1. The Balaban J connectivity index is 2.34. The van der Waals surface area contributed by atoms with Gasteiger partial charge in [-0.15, -0.1) is 0 Å². The van der Waals surface area contributed by atoms with E-state index in [1.807, 2.05) is 12.1 Å². The van der Waals surface area contributed by atoms with Crippen molar-refractivity contribution >= 4 is 0 Å². The third kappa shape index (κ3) is 3.74. The summed E-state index contributed by atoms with van der Waals surface area (Å²) >= 11 is 0. The van der Waals surface area contributed by atoms with Crippen molar-refractivity contribution in [2.75, 3.05) is 33.3 Å². The van der Waals surface area contributed by atoms with Crippen molar-refractivity contribution in [2.24, 2.45) is 5.92 Å². The fourth-order valence-corrected chi connectivity index (χ4v) is 3.35. The van der Waals surface area contributed by atoms with E-state index in [0.717, 1.165) is 44.6 Å². The van der Waals surface area contributed by atoms with Crippen LogP contribution in [0.5, 0.6) is 5.75 Å². The van der Waals surface area contributed by atoms with E-state index in [0.29, 0.717) is 11.7 Å². The van der Waals surface area contributed by atoms with Crippen LogP contribution in [0.15, 0.2) is 18.2 Å². The van der Waals surface area contributed by atoms with Crippen LogP contribution in [0, 0.1) is 11.7 Å². The van der Waals surface area contributed by atoms with Gasteiger partial charge in [0.05, 0.1) is 7.11 Å². The van der Waals surface area contributed by atoms with Gasteiger partial charge in [0.15, 0.2) is 11.6 Å². The molecule has 0 amide bonds. The van der Waals surface area contributed by atoms with Gasteiger partial charge < -0.3 is 10.1 Å². The average molecular weight is 294 g/mol. The van der Waals surface area contributed by atoms with Crippen molar-refractivity contribution in [1.82, 2.24) is 10.2 Å². The smallest absolute Gasteiger partial charge is 0.169 e. The van der Waals surface area contributed by atoms with Crippen molar-refractivity contribution < 1.29 is 9.13 Å². The first-order valence-corrected chi connectivity index (χ1v) is 7.96. The first kappa shape index (κ1) is 16.2. The van der Waals surface area contributed by atoms with Crippen LogP contribution in [0.25, 0.3) is 0 Å². The molecule has 0 bridgehead atoms. The number of nitrogens with one attached hydrogen (secondary N) is 1. The fourth-order valence-electron chi connectivity index (χ4n) is 3.35. The third-order valence-corrected chi connectivity index (χ3v) is 4.36. The van der Waals surface area contributed by atoms with Crippen molar-refractivity contribution in [3.63, 3.8) is 0 Å². The standard InChI is InChI=1S/C17H27FN2O/c1-4-6-13(2)17(20-11-9-19-10-12-20)14-7-5-8-15(21-3)16(14)18/h5,7-8,13,17,19H,4,6,9-12H2,1-3H3/t13?,17-/m0/s1. The van der Waals surface area contributed by atoms with Crippen molar-refractivity contribution in [2.45, 2.75) is 32.7 Å². The van der Waals surface area contributed by atoms with Gasteiger partial charge in [0.1, 0.15) is 0 Å². The van der Waals surface area contributed by atoms with Crippen LogP contribution in [0.3, 0.4) is 0 Å². The van der Waals surface area contributed by atoms with Crippen LogP contribution in [-0.4, -0.2) is 38.2 Å². The molecule has 2 rings (SSSR count). The minimum Gasteiger partial charge on any atom is -0.494 e. The highest BCUT2D eigenvalue weighted by Gasteiger charge is 2.29. The lowest BCUT2D eigenvalue weighted by molar-refractivity contribution is 0.122. The van der Waals surface area contributed by atoms with Crippen LogP contribution >= 0.6 is 0 Å². The summed E-state index contributed by atoms with van der Waals surface area (Å²) in [6, 6.07) is 5.63. The molecule has 21 heavy (non-hydrogen) atoms. The highest BCUT2D eigenvalue weighted by atomic mass is 19.1. The number of benzene rings is 1. The summed E-state index contributed by atoms with van der Waals surface area (Å²) < 4.78 is 19.9. The van der Waals surface area contributed by atoms with Gasteiger partial charge in [-0.25, -0.2) is 4.39 Å². The Morgan fingerprint density at radius 1 is 1.33 bits per heavy atom. The van der Waals surface area contributed by atoms with Gasteiger partial charge >= 0.3 is 0 Å². The predicted molar refractivity (Wildman–Crippen MR) is 84.2 cm³/mol. The molecule has 3 nitrogen and oxygen atoms in total. The van der Waals surface area contributed by atoms with Crippen LogP contribution < -0.4 is 10.1 Å². The SMILES string of the molecule is CCCC(C)[C@@H](c1cccc(OC)c1F)N1CCNCC1. The molecule has 4 heteroatoms. The topological polar surface area (TPSA) is 24.5 Å². The first-order valence-electron chi connectivity index (χ1n) is 7.96. The molecule has 0 spiro atoms. The molecule has 1 aliphatic heterocycles. The first-order chi connectivity index (χ1) is 10.2. The predicted octanol–water partition coefficient (Wildman–Crippen LogP) is 3.22. The minimum atomic E-state index is -0.202. The summed E-state index contributed by atoms with van der Waals surface area (Å²) in [6.45, 7) is 8.30. The molecule has 118 valence electrons. The lowest BCUT2D eigenvalue weighted by atomic mass is 9.88. The van der Waals surface area contributed by atoms with Crippen molar-refractivity contribution in [1.29, 1.82) is 0 Å². The summed E-state index contributed by atoms with van der Waals surface area (Å²) in [6.07, 6.45) is 2.22. The molecule has 1 fully saturated rings. The molecule has 0 saturated carbocycles. The lowest BCUT2D eigenvalue weighted by Gasteiger charge is -2.39. The minimum absolute atomic E-state index is 0.127. The van der Waals surface area contributed by atoms with E-state index >= 15 is 0 Å². The van der Waals surface area contributed by atoms with Gasteiger partial charge in [-0.05, 0) is 18.4 Å². The van der Waals surface area contributed by atoms with Gasteiger partial charge in [0.25, 0.3) is 0 Å². The summed E-state index contributed by atoms with van der Waals surface area (Å²) in [5, 5.41) is 3.37. The van der Waals surface area contributed by atoms with Crippen LogP contribution in [0.2, 0.25) is 0 Å². The number of hydrogen-bond acceptors (Lipinski definition) is 3. The molecule has 1 unspecified atom stereocenters. The third-order valence-electron chi connectivity index (χ3n) is 4.36. The molecule has 2 atom stereocenters. The largest absolute Gasteiger partial charge is 0.494 e. The van der Waals surface area contributed by atoms with E-state index in [9.17, 15) is 4.39 Å². The molecule has 1 heterocycles. The highest BCUT2D eigenvalue weighted by molar-refractivity contribution is 5.33. The van der Waals surface area contributed by atoms with Crippen molar-refractivity contribution in [3.8, 4) is 5.75 Å². The number of nitrogens with zero attached hydrogens (tertiary/aromatic N) is 1. The van der Waals surface area contributed by atoms with E-state index in [2.05, 4.69) is 24.1 Å². The van der Waals surface area contributed by atoms with Crippen molar-refractivity contribution in [3.05, 3.63) is 29.6 Å². The van der Waals surface area contributed by atoms with Crippen LogP contribution in [-0.2, 0) is 0 Å². The van der Waals surface area contributed by atoms with E-state index in [-0.39, 0.29) is 11.9 Å². The maximum absolute atomic E-state index is 14.7. The summed E-state index contributed by atoms with van der Waals surface area (Å²) in [5.74, 6) is 0.567. The van der Waals surface area contributed by atoms with Gasteiger partial charge in [-0.2, -0.15) is 0 Å². The van der Waals surface area contributed by atoms with Gasteiger partial charge in [-0.3, -0.25) is 4.90 Å². The summed E-state index contributed by atoms with van der Waals surface area (Å²) in [5.41, 5.74) is 0.775.